The van der Waals surface area contributed by atoms with E-state index in [0.29, 0.717) is 18.7 Å². The van der Waals surface area contributed by atoms with Crippen molar-refractivity contribution in [2.24, 2.45) is 0 Å². The molecule has 150 valence electrons. The van der Waals surface area contributed by atoms with E-state index >= 15 is 0 Å². The molecule has 1 atom stereocenters. The van der Waals surface area contributed by atoms with E-state index in [-0.39, 0.29) is 18.4 Å². The highest BCUT2D eigenvalue weighted by atomic mass is 16.5. The lowest BCUT2D eigenvalue weighted by Gasteiger charge is -2.30. The molecule has 0 radical (unpaired) electrons. The number of nitrogens with one attached hydrogen (secondary N) is 1. The van der Waals surface area contributed by atoms with Crippen molar-refractivity contribution in [3.8, 4) is 5.75 Å². The minimum Gasteiger partial charge on any atom is -0.483 e. The van der Waals surface area contributed by atoms with Crippen LogP contribution in [0.2, 0.25) is 0 Å². The van der Waals surface area contributed by atoms with Crippen LogP contribution >= 0.6 is 0 Å². The molecule has 0 aliphatic carbocycles. The molecular weight excluding hydrogens is 352 g/mol. The van der Waals surface area contributed by atoms with Gasteiger partial charge in [-0.3, -0.25) is 9.59 Å². The number of hydrogen-bond acceptors (Lipinski definition) is 3. The Morgan fingerprint density at radius 1 is 1.07 bits per heavy atom. The number of aryl methyl sites for hydroxylation is 3. The Morgan fingerprint density at radius 3 is 2.39 bits per heavy atom. The number of hydrogen-bond donors (Lipinski definition) is 1. The van der Waals surface area contributed by atoms with Gasteiger partial charge in [-0.25, -0.2) is 0 Å². The summed E-state index contributed by atoms with van der Waals surface area (Å²) in [5.41, 5.74) is 4.23. The highest BCUT2D eigenvalue weighted by Crippen LogP contribution is 2.19. The molecule has 0 fully saturated rings. The fourth-order valence-electron chi connectivity index (χ4n) is 3.28. The van der Waals surface area contributed by atoms with Crippen LogP contribution in [0.25, 0.3) is 0 Å². The van der Waals surface area contributed by atoms with Crippen LogP contribution in [-0.2, 0) is 16.1 Å². The number of benzene rings is 2. The van der Waals surface area contributed by atoms with Crippen LogP contribution in [-0.4, -0.2) is 36.4 Å². The molecule has 0 saturated heterocycles. The zero-order chi connectivity index (χ0) is 20.7. The van der Waals surface area contributed by atoms with Crippen LogP contribution in [0, 0.1) is 20.8 Å². The first kappa shape index (κ1) is 21.5. The molecule has 5 heteroatoms. The van der Waals surface area contributed by atoms with Crippen LogP contribution in [0.4, 0.5) is 0 Å². The van der Waals surface area contributed by atoms with Gasteiger partial charge in [0.2, 0.25) is 5.91 Å². The lowest BCUT2D eigenvalue weighted by molar-refractivity contribution is -0.142. The first-order valence-electron chi connectivity index (χ1n) is 9.62. The zero-order valence-corrected chi connectivity index (χ0v) is 17.4. The fraction of sp³-hybridized carbons (Fsp3) is 0.391. The fourth-order valence-corrected chi connectivity index (χ4v) is 3.28. The van der Waals surface area contributed by atoms with Gasteiger partial charge in [-0.15, -0.1) is 0 Å². The molecule has 0 spiro atoms. The summed E-state index contributed by atoms with van der Waals surface area (Å²) in [5.74, 6) is 0.300. The second-order valence-electron chi connectivity index (χ2n) is 7.11. The first-order valence-corrected chi connectivity index (χ1v) is 9.62. The smallest absolute Gasteiger partial charge is 0.261 e. The maximum absolute atomic E-state index is 13.0. The van der Waals surface area contributed by atoms with Crippen molar-refractivity contribution in [3.05, 3.63) is 64.7 Å². The van der Waals surface area contributed by atoms with Crippen LogP contribution in [0.1, 0.15) is 35.6 Å². The van der Waals surface area contributed by atoms with Gasteiger partial charge in [-0.1, -0.05) is 54.4 Å². The van der Waals surface area contributed by atoms with Crippen LogP contribution < -0.4 is 10.1 Å². The summed E-state index contributed by atoms with van der Waals surface area (Å²) in [6, 6.07) is 13.3. The third kappa shape index (κ3) is 5.59. The Balaban J connectivity index is 2.21. The molecule has 0 aliphatic heterocycles. The first-order chi connectivity index (χ1) is 13.3. The normalized spacial score (nSPS) is 11.6. The molecule has 0 saturated carbocycles. The van der Waals surface area contributed by atoms with Crippen molar-refractivity contribution in [3.63, 3.8) is 0 Å². The van der Waals surface area contributed by atoms with Gasteiger partial charge in [0, 0.05) is 13.6 Å². The van der Waals surface area contributed by atoms with Gasteiger partial charge in [0.1, 0.15) is 11.8 Å². The van der Waals surface area contributed by atoms with Gasteiger partial charge >= 0.3 is 0 Å². The maximum Gasteiger partial charge on any atom is 0.261 e. The summed E-state index contributed by atoms with van der Waals surface area (Å²) in [5, 5.41) is 2.66. The summed E-state index contributed by atoms with van der Waals surface area (Å²) in [4.78, 5) is 27.0. The summed E-state index contributed by atoms with van der Waals surface area (Å²) < 4.78 is 5.78. The van der Waals surface area contributed by atoms with E-state index in [1.165, 1.54) is 0 Å². The van der Waals surface area contributed by atoms with E-state index < -0.39 is 6.04 Å². The Bertz CT molecular complexity index is 832. The van der Waals surface area contributed by atoms with Gasteiger partial charge in [-0.05, 0) is 44.4 Å². The van der Waals surface area contributed by atoms with E-state index in [9.17, 15) is 9.59 Å². The highest BCUT2D eigenvalue weighted by Gasteiger charge is 2.28. The Labute approximate surface area is 167 Å². The lowest BCUT2D eigenvalue weighted by atomic mass is 10.1. The van der Waals surface area contributed by atoms with Gasteiger partial charge in [-0.2, -0.15) is 0 Å². The number of nitrogens with zero attached hydrogens (tertiary/aromatic N) is 1. The quantitative estimate of drug-likeness (QED) is 0.760. The van der Waals surface area contributed by atoms with Crippen molar-refractivity contribution in [2.75, 3.05) is 13.7 Å². The van der Waals surface area contributed by atoms with Crippen LogP contribution in [0.5, 0.6) is 5.75 Å². The molecule has 0 aromatic heterocycles. The zero-order valence-electron chi connectivity index (χ0n) is 17.4. The molecule has 0 unspecified atom stereocenters. The standard InChI is InChI=1S/C23H30N2O3/c1-6-20(23(27)24-5)25(14-19-9-7-8-16(2)13-19)22(26)15-28-21-11-10-17(3)12-18(21)4/h7-13,20H,6,14-15H2,1-5H3,(H,24,27)/t20-/m0/s1. The predicted molar refractivity (Wildman–Crippen MR) is 111 cm³/mol. The summed E-state index contributed by atoms with van der Waals surface area (Å²) >= 11 is 0. The molecule has 2 rings (SSSR count). The van der Waals surface area contributed by atoms with Crippen LogP contribution in [0.3, 0.4) is 0 Å². The molecule has 0 aliphatic rings. The third-order valence-corrected chi connectivity index (χ3v) is 4.75. The topological polar surface area (TPSA) is 58.6 Å². The van der Waals surface area contributed by atoms with Crippen molar-refractivity contribution in [1.82, 2.24) is 10.2 Å². The van der Waals surface area contributed by atoms with Gasteiger partial charge in [0.15, 0.2) is 6.61 Å². The molecule has 5 nitrogen and oxygen atoms in total. The average Bonchev–Trinajstić information content (AvgIpc) is 2.66. The molecule has 2 aromatic rings. The molecule has 28 heavy (non-hydrogen) atoms. The minimum absolute atomic E-state index is 0.108. The van der Waals surface area contributed by atoms with Crippen LogP contribution in [0.15, 0.2) is 42.5 Å². The van der Waals surface area contributed by atoms with Gasteiger partial charge < -0.3 is 15.0 Å². The van der Waals surface area contributed by atoms with Crippen molar-refractivity contribution >= 4 is 11.8 Å². The third-order valence-electron chi connectivity index (χ3n) is 4.75. The predicted octanol–water partition coefficient (Wildman–Crippen LogP) is 3.54. The van der Waals surface area contributed by atoms with Crippen molar-refractivity contribution < 1.29 is 14.3 Å². The van der Waals surface area contributed by atoms with E-state index in [4.69, 9.17) is 4.74 Å². The Hall–Kier alpha value is -2.82. The second kappa shape index (κ2) is 9.93. The number of amides is 2. The monoisotopic (exact) mass is 382 g/mol. The average molecular weight is 383 g/mol. The summed E-state index contributed by atoms with van der Waals surface area (Å²) in [6.07, 6.45) is 0.529. The lowest BCUT2D eigenvalue weighted by Crippen LogP contribution is -2.49. The highest BCUT2D eigenvalue weighted by molar-refractivity contribution is 5.88. The summed E-state index contributed by atoms with van der Waals surface area (Å²) in [6.45, 7) is 8.14. The number of carbonyl (C=O) groups is 2. The van der Waals surface area contributed by atoms with E-state index in [1.54, 1.807) is 11.9 Å². The SMILES string of the molecule is CC[C@@H](C(=O)NC)N(Cc1cccc(C)c1)C(=O)COc1ccc(C)cc1C. The number of carbonyl (C=O) groups excluding carboxylic acids is 2. The molecule has 0 bridgehead atoms. The Kier molecular flexibility index (Phi) is 7.61. The molecule has 2 amide bonds. The van der Waals surface area contributed by atoms with Crippen molar-refractivity contribution in [2.45, 2.75) is 46.7 Å². The molecule has 1 N–H and O–H groups in total. The summed E-state index contributed by atoms with van der Waals surface area (Å²) in [7, 11) is 1.59. The largest absolute Gasteiger partial charge is 0.483 e. The molecular formula is C23H30N2O3. The minimum atomic E-state index is -0.541. The molecule has 2 aromatic carbocycles. The second-order valence-corrected chi connectivity index (χ2v) is 7.11. The van der Waals surface area contributed by atoms with Crippen molar-refractivity contribution in [1.29, 1.82) is 0 Å². The van der Waals surface area contributed by atoms with Gasteiger partial charge in [0.25, 0.3) is 5.91 Å². The van der Waals surface area contributed by atoms with E-state index in [1.807, 2.05) is 70.2 Å². The number of ether oxygens (including phenoxy) is 1. The van der Waals surface area contributed by atoms with E-state index in [2.05, 4.69) is 5.32 Å². The van der Waals surface area contributed by atoms with Gasteiger partial charge in [0.05, 0.1) is 0 Å². The number of rotatable bonds is 8. The maximum atomic E-state index is 13.0. The van der Waals surface area contributed by atoms with E-state index in [0.717, 1.165) is 22.3 Å². The number of likely N-dealkylation sites (N-methyl/N-ethyl adjacent to an activating group) is 1. The molecule has 0 heterocycles. The Morgan fingerprint density at radius 2 is 1.79 bits per heavy atom.